The van der Waals surface area contributed by atoms with E-state index in [-0.39, 0.29) is 0 Å². The average Bonchev–Trinajstić information content (AvgIpc) is 2.30. The quantitative estimate of drug-likeness (QED) is 0.560. The Bertz CT molecular complexity index is 304. The highest BCUT2D eigenvalue weighted by atomic mass is 15.4. The normalized spacial score (nSPS) is 15.4. The molecule has 0 unspecified atom stereocenters. The van der Waals surface area contributed by atoms with E-state index in [1.54, 1.807) is 5.01 Å². The van der Waals surface area contributed by atoms with Crippen molar-refractivity contribution in [3.05, 3.63) is 42.0 Å². The molecule has 1 aliphatic rings. The van der Waals surface area contributed by atoms with Crippen molar-refractivity contribution in [1.29, 1.82) is 0 Å². The topological polar surface area (TPSA) is 29.3 Å². The van der Waals surface area contributed by atoms with Gasteiger partial charge in [-0.1, -0.05) is 30.8 Å². The van der Waals surface area contributed by atoms with Crippen LogP contribution >= 0.6 is 0 Å². The van der Waals surface area contributed by atoms with E-state index in [9.17, 15) is 0 Å². The number of fused-ring (bicyclic) bond motifs is 1. The summed E-state index contributed by atoms with van der Waals surface area (Å²) in [6.45, 7) is 4.66. The van der Waals surface area contributed by atoms with Crippen LogP contribution in [0.4, 0.5) is 0 Å². The lowest BCUT2D eigenvalue weighted by Crippen LogP contribution is -2.22. The predicted molar refractivity (Wildman–Crippen MR) is 45.2 cm³/mol. The summed E-state index contributed by atoms with van der Waals surface area (Å²) in [5.41, 5.74) is 3.36. The molecule has 2 N–H and O–H groups in total. The van der Waals surface area contributed by atoms with Crippen LogP contribution in [0.2, 0.25) is 0 Å². The molecule has 0 saturated carbocycles. The molecule has 1 aliphatic heterocycles. The van der Waals surface area contributed by atoms with Crippen LogP contribution in [-0.4, -0.2) is 5.01 Å². The number of hydrogen-bond donors (Lipinski definition) is 1. The van der Waals surface area contributed by atoms with Crippen LogP contribution < -0.4 is 5.84 Å². The largest absolute Gasteiger partial charge is 0.307 e. The number of benzene rings is 1. The van der Waals surface area contributed by atoms with Gasteiger partial charge in [0.1, 0.15) is 0 Å². The molecule has 0 saturated heterocycles. The summed E-state index contributed by atoms with van der Waals surface area (Å²) in [7, 11) is 0. The van der Waals surface area contributed by atoms with Crippen molar-refractivity contribution >= 4 is 5.70 Å². The second kappa shape index (κ2) is 2.10. The maximum Gasteiger partial charge on any atom is 0.0599 e. The Hall–Kier alpha value is -1.28. The summed E-state index contributed by atoms with van der Waals surface area (Å²) in [4.78, 5) is 0. The molecule has 1 aromatic rings. The van der Waals surface area contributed by atoms with Crippen molar-refractivity contribution in [3.63, 3.8) is 0 Å². The van der Waals surface area contributed by atoms with Gasteiger partial charge in [-0.15, -0.1) is 0 Å². The van der Waals surface area contributed by atoms with E-state index in [0.29, 0.717) is 0 Å². The van der Waals surface area contributed by atoms with Gasteiger partial charge in [0, 0.05) is 5.56 Å². The molecule has 1 heterocycles. The maximum atomic E-state index is 5.66. The first kappa shape index (κ1) is 6.43. The Balaban J connectivity index is 2.55. The molecule has 2 rings (SSSR count). The van der Waals surface area contributed by atoms with Crippen molar-refractivity contribution in [1.82, 2.24) is 5.01 Å². The lowest BCUT2D eigenvalue weighted by atomic mass is 10.1. The van der Waals surface area contributed by atoms with Gasteiger partial charge in [-0.05, 0) is 5.56 Å². The molecule has 2 heteroatoms. The highest BCUT2D eigenvalue weighted by Crippen LogP contribution is 2.27. The summed E-state index contributed by atoms with van der Waals surface area (Å²) in [6.07, 6.45) is 0. The van der Waals surface area contributed by atoms with E-state index in [4.69, 9.17) is 5.84 Å². The van der Waals surface area contributed by atoms with Gasteiger partial charge in [-0.3, -0.25) is 0 Å². The van der Waals surface area contributed by atoms with Gasteiger partial charge in [-0.25, -0.2) is 5.84 Å². The zero-order valence-corrected chi connectivity index (χ0v) is 6.25. The molecule has 56 valence electrons. The number of hydrogen-bond acceptors (Lipinski definition) is 2. The molecule has 0 spiro atoms. The minimum absolute atomic E-state index is 0.787. The number of hydrazine groups is 1. The molecular weight excluding hydrogens is 136 g/mol. The molecule has 1 aromatic carbocycles. The standard InChI is InChI=1S/C9H10N2/c1-7-9-5-3-2-4-8(9)6-11(7)10/h2-5H,1,6,10H2. The van der Waals surface area contributed by atoms with Crippen LogP contribution in [0, 0.1) is 0 Å². The molecule has 11 heavy (non-hydrogen) atoms. The lowest BCUT2D eigenvalue weighted by Gasteiger charge is -2.09. The number of rotatable bonds is 0. The Kier molecular flexibility index (Phi) is 1.23. The van der Waals surface area contributed by atoms with E-state index < -0.39 is 0 Å². The van der Waals surface area contributed by atoms with E-state index in [1.807, 2.05) is 18.2 Å². The van der Waals surface area contributed by atoms with Crippen LogP contribution in [-0.2, 0) is 6.54 Å². The number of nitrogens with two attached hydrogens (primary N) is 1. The third-order valence-electron chi connectivity index (χ3n) is 2.02. The molecule has 0 aromatic heterocycles. The maximum absolute atomic E-state index is 5.66. The second-order valence-corrected chi connectivity index (χ2v) is 2.73. The van der Waals surface area contributed by atoms with Crippen molar-refractivity contribution in [2.24, 2.45) is 5.84 Å². The smallest absolute Gasteiger partial charge is 0.0599 e. The Morgan fingerprint density at radius 2 is 2.09 bits per heavy atom. The van der Waals surface area contributed by atoms with Crippen molar-refractivity contribution < 1.29 is 0 Å². The Labute approximate surface area is 65.9 Å². The summed E-state index contributed by atoms with van der Waals surface area (Å²) >= 11 is 0. The first-order valence-corrected chi connectivity index (χ1v) is 3.58. The molecule has 0 amide bonds. The zero-order chi connectivity index (χ0) is 7.84. The second-order valence-electron chi connectivity index (χ2n) is 2.73. The number of nitrogens with zero attached hydrogens (tertiary/aromatic N) is 1. The van der Waals surface area contributed by atoms with Crippen LogP contribution in [0.1, 0.15) is 11.1 Å². The third-order valence-corrected chi connectivity index (χ3v) is 2.02. The fraction of sp³-hybridized carbons (Fsp3) is 0.111. The fourth-order valence-electron chi connectivity index (χ4n) is 1.37. The average molecular weight is 146 g/mol. The Morgan fingerprint density at radius 1 is 1.36 bits per heavy atom. The highest BCUT2D eigenvalue weighted by molar-refractivity contribution is 5.68. The van der Waals surface area contributed by atoms with E-state index in [1.165, 1.54) is 11.1 Å². The summed E-state index contributed by atoms with van der Waals surface area (Å²) < 4.78 is 0. The molecule has 0 aliphatic carbocycles. The van der Waals surface area contributed by atoms with Crippen LogP contribution in [0.5, 0.6) is 0 Å². The van der Waals surface area contributed by atoms with Gasteiger partial charge in [0.05, 0.1) is 12.2 Å². The van der Waals surface area contributed by atoms with E-state index in [2.05, 4.69) is 12.6 Å². The van der Waals surface area contributed by atoms with Gasteiger partial charge < -0.3 is 5.01 Å². The van der Waals surface area contributed by atoms with Gasteiger partial charge in [0.2, 0.25) is 0 Å². The van der Waals surface area contributed by atoms with Crippen molar-refractivity contribution in [3.8, 4) is 0 Å². The summed E-state index contributed by atoms with van der Waals surface area (Å²) in [5, 5.41) is 1.67. The van der Waals surface area contributed by atoms with Crippen molar-refractivity contribution in [2.45, 2.75) is 6.54 Å². The van der Waals surface area contributed by atoms with E-state index in [0.717, 1.165) is 12.2 Å². The minimum atomic E-state index is 0.787. The minimum Gasteiger partial charge on any atom is -0.307 e. The first-order chi connectivity index (χ1) is 5.29. The zero-order valence-electron chi connectivity index (χ0n) is 6.25. The van der Waals surface area contributed by atoms with Gasteiger partial charge in [-0.2, -0.15) is 0 Å². The molecule has 0 atom stereocenters. The van der Waals surface area contributed by atoms with Gasteiger partial charge >= 0.3 is 0 Å². The SMILES string of the molecule is C=C1c2ccccc2CN1N. The molecule has 2 nitrogen and oxygen atoms in total. The van der Waals surface area contributed by atoms with E-state index >= 15 is 0 Å². The van der Waals surface area contributed by atoms with Crippen LogP contribution in [0.3, 0.4) is 0 Å². The lowest BCUT2D eigenvalue weighted by molar-refractivity contribution is 0.432. The predicted octanol–water partition coefficient (Wildman–Crippen LogP) is 1.35. The highest BCUT2D eigenvalue weighted by Gasteiger charge is 2.17. The van der Waals surface area contributed by atoms with Crippen molar-refractivity contribution in [2.75, 3.05) is 0 Å². The monoisotopic (exact) mass is 146 g/mol. The molecular formula is C9H10N2. The van der Waals surface area contributed by atoms with Crippen LogP contribution in [0.15, 0.2) is 30.8 Å². The first-order valence-electron chi connectivity index (χ1n) is 3.58. The molecule has 0 fully saturated rings. The fourth-order valence-corrected chi connectivity index (χ4v) is 1.37. The third kappa shape index (κ3) is 0.835. The molecule has 0 bridgehead atoms. The Morgan fingerprint density at radius 3 is 2.82 bits per heavy atom. The van der Waals surface area contributed by atoms with Crippen LogP contribution in [0.25, 0.3) is 5.70 Å². The van der Waals surface area contributed by atoms with Gasteiger partial charge in [0.15, 0.2) is 0 Å². The molecule has 0 radical (unpaired) electrons. The summed E-state index contributed by atoms with van der Waals surface area (Å²) in [6, 6.07) is 8.15. The van der Waals surface area contributed by atoms with Gasteiger partial charge in [0.25, 0.3) is 0 Å². The summed E-state index contributed by atoms with van der Waals surface area (Å²) in [5.74, 6) is 5.66.